The Balaban J connectivity index is 2.05. The van der Waals surface area contributed by atoms with Gasteiger partial charge in [0, 0.05) is 19.2 Å². The number of carboxylic acids is 1. The van der Waals surface area contributed by atoms with Crippen LogP contribution < -0.4 is 5.32 Å². The van der Waals surface area contributed by atoms with Crippen molar-refractivity contribution in [3.8, 4) is 10.6 Å². The summed E-state index contributed by atoms with van der Waals surface area (Å²) in [5, 5.41) is 12.5. The Kier molecular flexibility index (Phi) is 5.92. The summed E-state index contributed by atoms with van der Waals surface area (Å²) in [5.74, 6) is -0.923. The number of aryl methyl sites for hydroxylation is 1. The molecule has 24 heavy (non-hydrogen) atoms. The minimum Gasteiger partial charge on any atom is -0.481 e. The van der Waals surface area contributed by atoms with Crippen LogP contribution in [0.25, 0.3) is 10.6 Å². The summed E-state index contributed by atoms with van der Waals surface area (Å²) in [7, 11) is 1.58. The van der Waals surface area contributed by atoms with E-state index in [4.69, 9.17) is 5.11 Å². The van der Waals surface area contributed by atoms with Gasteiger partial charge in [0.25, 0.3) is 0 Å². The molecule has 0 saturated carbocycles. The average molecular weight is 347 g/mol. The number of urea groups is 1. The van der Waals surface area contributed by atoms with Gasteiger partial charge < -0.3 is 15.3 Å². The van der Waals surface area contributed by atoms with Crippen LogP contribution in [-0.4, -0.2) is 40.6 Å². The van der Waals surface area contributed by atoms with E-state index in [1.165, 1.54) is 4.90 Å². The quantitative estimate of drug-likeness (QED) is 0.840. The molecule has 2 N–H and O–H groups in total. The third-order valence-electron chi connectivity index (χ3n) is 3.59. The van der Waals surface area contributed by atoms with Gasteiger partial charge >= 0.3 is 12.0 Å². The summed E-state index contributed by atoms with van der Waals surface area (Å²) in [5.41, 5.74) is 1.94. The molecule has 2 aromatic rings. The Hall–Kier alpha value is -2.41. The first kappa shape index (κ1) is 17.9. The molecule has 0 radical (unpaired) electrons. The molecule has 0 saturated heterocycles. The number of nitrogens with one attached hydrogen (secondary N) is 1. The number of benzene rings is 1. The van der Waals surface area contributed by atoms with Gasteiger partial charge in [-0.2, -0.15) is 0 Å². The van der Waals surface area contributed by atoms with Crippen molar-refractivity contribution in [2.24, 2.45) is 0 Å². The summed E-state index contributed by atoms with van der Waals surface area (Å²) < 4.78 is 0. The maximum absolute atomic E-state index is 12.1. The zero-order valence-corrected chi connectivity index (χ0v) is 14.8. The van der Waals surface area contributed by atoms with Gasteiger partial charge in [-0.25, -0.2) is 9.78 Å². The van der Waals surface area contributed by atoms with Crippen molar-refractivity contribution >= 4 is 23.3 Å². The number of hydrogen-bond donors (Lipinski definition) is 2. The molecule has 0 aliphatic carbocycles. The van der Waals surface area contributed by atoms with E-state index in [0.29, 0.717) is 0 Å². The van der Waals surface area contributed by atoms with E-state index in [0.717, 1.165) is 21.1 Å². The number of rotatable bonds is 6. The number of nitrogens with zero attached hydrogens (tertiary/aromatic N) is 2. The fourth-order valence-electron chi connectivity index (χ4n) is 2.24. The molecule has 1 unspecified atom stereocenters. The molecule has 0 spiro atoms. The van der Waals surface area contributed by atoms with Gasteiger partial charge in [-0.3, -0.25) is 4.79 Å². The predicted octanol–water partition coefficient (Wildman–Crippen LogP) is 3.30. The van der Waals surface area contributed by atoms with Gasteiger partial charge in [0.1, 0.15) is 5.01 Å². The van der Waals surface area contributed by atoms with Crippen LogP contribution in [0.2, 0.25) is 0 Å². The Morgan fingerprint density at radius 2 is 2.00 bits per heavy atom. The van der Waals surface area contributed by atoms with Crippen molar-refractivity contribution in [2.75, 3.05) is 13.6 Å². The Morgan fingerprint density at radius 1 is 1.33 bits per heavy atom. The van der Waals surface area contributed by atoms with Crippen molar-refractivity contribution in [3.63, 3.8) is 0 Å². The third-order valence-corrected chi connectivity index (χ3v) is 4.98. The summed E-state index contributed by atoms with van der Waals surface area (Å²) in [4.78, 5) is 29.7. The lowest BCUT2D eigenvalue weighted by Crippen LogP contribution is -2.39. The molecular formula is C17H21N3O3S. The lowest BCUT2D eigenvalue weighted by atomic mass is 10.2. The summed E-state index contributed by atoms with van der Waals surface area (Å²) in [6, 6.07) is 9.41. The number of carbonyl (C=O) groups is 2. The highest BCUT2D eigenvalue weighted by Gasteiger charge is 2.19. The average Bonchev–Trinajstić information content (AvgIpc) is 2.95. The number of aromatic nitrogens is 1. The highest BCUT2D eigenvalue weighted by atomic mass is 32.1. The monoisotopic (exact) mass is 347 g/mol. The predicted molar refractivity (Wildman–Crippen MR) is 94.1 cm³/mol. The van der Waals surface area contributed by atoms with E-state index in [9.17, 15) is 9.59 Å². The van der Waals surface area contributed by atoms with Crippen molar-refractivity contribution in [1.29, 1.82) is 0 Å². The highest BCUT2D eigenvalue weighted by molar-refractivity contribution is 7.15. The van der Waals surface area contributed by atoms with E-state index in [1.54, 1.807) is 18.4 Å². The summed E-state index contributed by atoms with van der Waals surface area (Å²) in [6.07, 6.45) is -0.0734. The lowest BCUT2D eigenvalue weighted by molar-refractivity contribution is -0.137. The van der Waals surface area contributed by atoms with Gasteiger partial charge in [0.05, 0.1) is 23.0 Å². The molecule has 6 nitrogen and oxygen atoms in total. The summed E-state index contributed by atoms with van der Waals surface area (Å²) in [6.45, 7) is 4.00. The maximum atomic E-state index is 12.1. The minimum atomic E-state index is -0.923. The van der Waals surface area contributed by atoms with E-state index in [-0.39, 0.29) is 25.0 Å². The maximum Gasteiger partial charge on any atom is 0.317 e. The number of thiazole rings is 1. The van der Waals surface area contributed by atoms with Gasteiger partial charge in [-0.05, 0) is 13.8 Å². The standard InChI is InChI=1S/C17H21N3O3S/c1-11-15(24-16(18-11)13-7-5-4-6-8-13)12(2)19-17(23)20(3)10-9-14(21)22/h4-8,12H,9-10H2,1-3H3,(H,19,23)(H,21,22). The normalized spacial score (nSPS) is 11.8. The fraction of sp³-hybridized carbons (Fsp3) is 0.353. The number of amides is 2. The molecule has 1 heterocycles. The van der Waals surface area contributed by atoms with E-state index < -0.39 is 5.97 Å². The van der Waals surface area contributed by atoms with Gasteiger partial charge in [0.2, 0.25) is 0 Å². The molecule has 1 atom stereocenters. The molecular weight excluding hydrogens is 326 g/mol. The fourth-order valence-corrected chi connectivity index (χ4v) is 3.31. The first-order chi connectivity index (χ1) is 11.4. The molecule has 128 valence electrons. The van der Waals surface area contributed by atoms with Crippen molar-refractivity contribution < 1.29 is 14.7 Å². The van der Waals surface area contributed by atoms with Gasteiger partial charge in [0.15, 0.2) is 0 Å². The van der Waals surface area contributed by atoms with Crippen LogP contribution in [0.3, 0.4) is 0 Å². The first-order valence-corrected chi connectivity index (χ1v) is 8.46. The minimum absolute atomic E-state index is 0.0734. The molecule has 1 aromatic carbocycles. The highest BCUT2D eigenvalue weighted by Crippen LogP contribution is 2.31. The van der Waals surface area contributed by atoms with E-state index >= 15 is 0 Å². The van der Waals surface area contributed by atoms with Crippen molar-refractivity contribution in [3.05, 3.63) is 40.9 Å². The number of hydrogen-bond acceptors (Lipinski definition) is 4. The smallest absolute Gasteiger partial charge is 0.317 e. The second-order valence-corrected chi connectivity index (χ2v) is 6.60. The molecule has 0 aliphatic rings. The molecule has 0 bridgehead atoms. The largest absolute Gasteiger partial charge is 0.481 e. The first-order valence-electron chi connectivity index (χ1n) is 7.64. The second kappa shape index (κ2) is 7.92. The molecule has 0 aliphatic heterocycles. The third kappa shape index (κ3) is 4.55. The van der Waals surface area contributed by atoms with Crippen LogP contribution in [0, 0.1) is 6.92 Å². The van der Waals surface area contributed by atoms with Crippen molar-refractivity contribution in [1.82, 2.24) is 15.2 Å². The molecule has 2 rings (SSSR count). The van der Waals surface area contributed by atoms with Gasteiger partial charge in [-0.15, -0.1) is 11.3 Å². The number of carbonyl (C=O) groups excluding carboxylic acids is 1. The Labute approximate surface area is 145 Å². The Bertz CT molecular complexity index is 715. The Morgan fingerprint density at radius 3 is 2.62 bits per heavy atom. The van der Waals surface area contributed by atoms with Gasteiger partial charge in [-0.1, -0.05) is 30.3 Å². The lowest BCUT2D eigenvalue weighted by Gasteiger charge is -2.20. The SMILES string of the molecule is Cc1nc(-c2ccccc2)sc1C(C)NC(=O)N(C)CCC(=O)O. The number of carboxylic acid groups (broad SMARTS) is 1. The second-order valence-electron chi connectivity index (χ2n) is 5.57. The van der Waals surface area contributed by atoms with E-state index in [1.807, 2.05) is 44.2 Å². The van der Waals surface area contributed by atoms with Crippen LogP contribution in [0.5, 0.6) is 0 Å². The van der Waals surface area contributed by atoms with Crippen LogP contribution >= 0.6 is 11.3 Å². The zero-order valence-electron chi connectivity index (χ0n) is 13.9. The van der Waals surface area contributed by atoms with Crippen LogP contribution in [0.15, 0.2) is 30.3 Å². The molecule has 1 aromatic heterocycles. The van der Waals surface area contributed by atoms with E-state index in [2.05, 4.69) is 10.3 Å². The molecule has 0 fully saturated rings. The van der Waals surface area contributed by atoms with Crippen LogP contribution in [0.4, 0.5) is 4.79 Å². The topological polar surface area (TPSA) is 82.5 Å². The number of aliphatic carboxylic acids is 1. The molecule has 7 heteroatoms. The summed E-state index contributed by atoms with van der Waals surface area (Å²) >= 11 is 1.55. The zero-order chi connectivity index (χ0) is 17.7. The van der Waals surface area contributed by atoms with Crippen LogP contribution in [0.1, 0.15) is 30.0 Å². The van der Waals surface area contributed by atoms with Crippen molar-refractivity contribution in [2.45, 2.75) is 26.3 Å². The molecule has 2 amide bonds. The van der Waals surface area contributed by atoms with Crippen LogP contribution in [-0.2, 0) is 4.79 Å².